The third kappa shape index (κ3) is 1.84. The van der Waals surface area contributed by atoms with E-state index in [2.05, 4.69) is 10.1 Å². The van der Waals surface area contributed by atoms with Crippen LogP contribution >= 0.6 is 12.2 Å². The predicted octanol–water partition coefficient (Wildman–Crippen LogP) is 1.35. The number of aromatic nitrogens is 4. The van der Waals surface area contributed by atoms with Crippen molar-refractivity contribution in [2.75, 3.05) is 0 Å². The number of primary amides is 1. The average Bonchev–Trinajstić information content (AvgIpc) is 2.64. The number of fused-ring (bicyclic) bond motifs is 1. The first-order valence-electron chi connectivity index (χ1n) is 5.67. The molecule has 0 saturated carbocycles. The first kappa shape index (κ1) is 12.8. The van der Waals surface area contributed by atoms with Crippen molar-refractivity contribution in [3.05, 3.63) is 10.5 Å². The average molecular weight is 267 g/mol. The Morgan fingerprint density at radius 1 is 1.56 bits per heavy atom. The van der Waals surface area contributed by atoms with Crippen LogP contribution in [0.4, 0.5) is 0 Å². The molecule has 0 unspecified atom stereocenters. The molecule has 0 spiro atoms. The van der Waals surface area contributed by atoms with E-state index in [4.69, 9.17) is 18.0 Å². The molecule has 0 bridgehead atoms. The highest BCUT2D eigenvalue weighted by atomic mass is 32.1. The maximum absolute atomic E-state index is 11.2. The van der Waals surface area contributed by atoms with E-state index in [1.54, 1.807) is 4.68 Å². The first-order valence-corrected chi connectivity index (χ1v) is 6.08. The van der Waals surface area contributed by atoms with Crippen LogP contribution in [0.15, 0.2) is 0 Å². The zero-order valence-corrected chi connectivity index (χ0v) is 11.8. The third-order valence-corrected chi connectivity index (χ3v) is 3.34. The number of amides is 1. The monoisotopic (exact) mass is 267 g/mol. The van der Waals surface area contributed by atoms with E-state index in [0.29, 0.717) is 4.77 Å². The number of imidazole rings is 1. The van der Waals surface area contributed by atoms with Crippen LogP contribution in [0.5, 0.6) is 0 Å². The van der Waals surface area contributed by atoms with E-state index < -0.39 is 5.54 Å². The number of nitrogens with zero attached hydrogens (tertiary/aromatic N) is 3. The van der Waals surface area contributed by atoms with Gasteiger partial charge in [0.15, 0.2) is 10.4 Å². The molecular formula is C11H17N5OS. The van der Waals surface area contributed by atoms with Gasteiger partial charge < -0.3 is 10.7 Å². The number of aromatic amines is 1. The predicted molar refractivity (Wildman–Crippen MR) is 71.8 cm³/mol. The van der Waals surface area contributed by atoms with Crippen molar-refractivity contribution < 1.29 is 4.79 Å². The van der Waals surface area contributed by atoms with Crippen LogP contribution in [-0.2, 0) is 17.4 Å². The van der Waals surface area contributed by atoms with Crippen LogP contribution in [0.2, 0.25) is 0 Å². The van der Waals surface area contributed by atoms with Crippen LogP contribution in [0, 0.1) is 11.7 Å². The Kier molecular flexibility index (Phi) is 2.81. The summed E-state index contributed by atoms with van der Waals surface area (Å²) >= 11 is 5.34. The Hall–Kier alpha value is -1.63. The van der Waals surface area contributed by atoms with Gasteiger partial charge in [0.1, 0.15) is 5.52 Å². The lowest BCUT2D eigenvalue weighted by Gasteiger charge is -2.25. The lowest BCUT2D eigenvalue weighted by atomic mass is 10.00. The van der Waals surface area contributed by atoms with Gasteiger partial charge in [0, 0.05) is 13.5 Å². The van der Waals surface area contributed by atoms with Crippen molar-refractivity contribution in [1.82, 2.24) is 19.3 Å². The zero-order valence-electron chi connectivity index (χ0n) is 10.9. The van der Waals surface area contributed by atoms with Gasteiger partial charge in [-0.3, -0.25) is 14.0 Å². The lowest BCUT2D eigenvalue weighted by molar-refractivity contribution is -0.119. The van der Waals surface area contributed by atoms with Gasteiger partial charge in [0.05, 0.1) is 11.2 Å². The van der Waals surface area contributed by atoms with Crippen LogP contribution in [0.3, 0.4) is 0 Å². The summed E-state index contributed by atoms with van der Waals surface area (Å²) in [6.07, 6.45) is 0.221. The number of H-pyrrole nitrogens is 1. The summed E-state index contributed by atoms with van der Waals surface area (Å²) < 4.78 is 4.25. The van der Waals surface area contributed by atoms with Crippen LogP contribution < -0.4 is 5.73 Å². The minimum absolute atomic E-state index is 0.221. The van der Waals surface area contributed by atoms with Crippen LogP contribution in [0.1, 0.15) is 26.0 Å². The van der Waals surface area contributed by atoms with Gasteiger partial charge in [-0.05, 0) is 33.0 Å². The number of carbonyl (C=O) groups is 1. The molecule has 98 valence electrons. The van der Waals surface area contributed by atoms with Gasteiger partial charge in [-0.2, -0.15) is 5.10 Å². The maximum atomic E-state index is 11.2. The van der Waals surface area contributed by atoms with E-state index in [1.165, 1.54) is 0 Å². The van der Waals surface area contributed by atoms with E-state index in [0.717, 1.165) is 16.9 Å². The van der Waals surface area contributed by atoms with Crippen molar-refractivity contribution in [2.45, 2.75) is 32.7 Å². The van der Waals surface area contributed by atoms with Crippen molar-refractivity contribution >= 4 is 29.3 Å². The molecule has 1 amide bonds. The van der Waals surface area contributed by atoms with Gasteiger partial charge in [0.2, 0.25) is 5.91 Å². The second-order valence-electron chi connectivity index (χ2n) is 5.13. The van der Waals surface area contributed by atoms with Crippen LogP contribution in [0.25, 0.3) is 11.2 Å². The van der Waals surface area contributed by atoms with Crippen molar-refractivity contribution in [3.8, 4) is 0 Å². The number of nitrogens with two attached hydrogens (primary N) is 1. The van der Waals surface area contributed by atoms with Crippen molar-refractivity contribution in [1.29, 1.82) is 0 Å². The Balaban J connectivity index is 2.74. The summed E-state index contributed by atoms with van der Waals surface area (Å²) in [5.74, 6) is -0.352. The Morgan fingerprint density at radius 3 is 2.72 bits per heavy atom. The van der Waals surface area contributed by atoms with Crippen LogP contribution in [-0.4, -0.2) is 25.2 Å². The summed E-state index contributed by atoms with van der Waals surface area (Å²) in [4.78, 5) is 14.3. The summed E-state index contributed by atoms with van der Waals surface area (Å²) in [6, 6.07) is 0. The molecule has 0 aliphatic heterocycles. The molecular weight excluding hydrogens is 250 g/mol. The third-order valence-electron chi connectivity index (χ3n) is 3.05. The number of hydrogen-bond acceptors (Lipinski definition) is 3. The highest BCUT2D eigenvalue weighted by Crippen LogP contribution is 2.27. The van der Waals surface area contributed by atoms with Gasteiger partial charge in [0.25, 0.3) is 0 Å². The molecule has 0 radical (unpaired) electrons. The molecule has 0 aliphatic carbocycles. The molecule has 18 heavy (non-hydrogen) atoms. The Morgan fingerprint density at radius 2 is 2.17 bits per heavy atom. The fourth-order valence-corrected chi connectivity index (χ4v) is 2.81. The smallest absolute Gasteiger partial charge is 0.219 e. The van der Waals surface area contributed by atoms with E-state index in [-0.39, 0.29) is 12.3 Å². The summed E-state index contributed by atoms with van der Waals surface area (Å²) in [6.45, 7) is 5.78. The number of carbonyl (C=O) groups excluding carboxylic acids is 1. The number of rotatable bonds is 3. The number of hydrogen-bond donors (Lipinski definition) is 2. The molecule has 7 heteroatoms. The molecule has 0 aliphatic rings. The van der Waals surface area contributed by atoms with Crippen molar-refractivity contribution in [3.63, 3.8) is 0 Å². The van der Waals surface area contributed by atoms with E-state index in [1.807, 2.05) is 32.4 Å². The summed E-state index contributed by atoms with van der Waals surface area (Å²) in [5, 5.41) is 4.35. The normalized spacial score (nSPS) is 12.2. The summed E-state index contributed by atoms with van der Waals surface area (Å²) in [5.41, 5.74) is 7.48. The number of aryl methyl sites for hydroxylation is 2. The second kappa shape index (κ2) is 3.94. The molecule has 0 fully saturated rings. The minimum Gasteiger partial charge on any atom is -0.370 e. The summed E-state index contributed by atoms with van der Waals surface area (Å²) in [7, 11) is 1.86. The molecule has 2 aromatic heterocycles. The van der Waals surface area contributed by atoms with Gasteiger partial charge in [-0.1, -0.05) is 0 Å². The standard InChI is InChI=1S/C11H17N5OS/c1-6-8-9(15(4)14-6)16(10(18)13-8)11(2,3)5-7(12)17/h5H2,1-4H3,(H2,12,17)(H,13,18). The molecule has 2 rings (SSSR count). The van der Waals surface area contributed by atoms with Gasteiger partial charge in [-0.15, -0.1) is 0 Å². The fraction of sp³-hybridized carbons (Fsp3) is 0.545. The van der Waals surface area contributed by atoms with Gasteiger partial charge >= 0.3 is 0 Å². The molecule has 2 aromatic rings. The Labute approximate surface area is 110 Å². The minimum atomic E-state index is -0.485. The highest BCUT2D eigenvalue weighted by molar-refractivity contribution is 7.71. The highest BCUT2D eigenvalue weighted by Gasteiger charge is 2.28. The van der Waals surface area contributed by atoms with E-state index >= 15 is 0 Å². The maximum Gasteiger partial charge on any atom is 0.219 e. The van der Waals surface area contributed by atoms with Gasteiger partial charge in [-0.25, -0.2) is 0 Å². The SMILES string of the molecule is Cc1nn(C)c2c1[nH]c(=S)n2C(C)(C)CC(N)=O. The molecule has 6 nitrogen and oxygen atoms in total. The molecule has 0 saturated heterocycles. The molecule has 0 atom stereocenters. The molecule has 3 N–H and O–H groups in total. The topological polar surface area (TPSA) is 81.6 Å². The largest absolute Gasteiger partial charge is 0.370 e. The molecule has 0 aromatic carbocycles. The second-order valence-corrected chi connectivity index (χ2v) is 5.52. The lowest BCUT2D eigenvalue weighted by Crippen LogP contribution is -2.32. The first-order chi connectivity index (χ1) is 8.24. The van der Waals surface area contributed by atoms with Crippen molar-refractivity contribution in [2.24, 2.45) is 12.8 Å². The van der Waals surface area contributed by atoms with E-state index in [9.17, 15) is 4.79 Å². The molecule has 2 heterocycles. The zero-order chi connectivity index (χ0) is 13.7. The Bertz CT molecular complexity index is 675. The fourth-order valence-electron chi connectivity index (χ4n) is 2.37. The number of nitrogens with one attached hydrogen (secondary N) is 1. The quantitative estimate of drug-likeness (QED) is 0.824.